The molecule has 8 N–H and O–H groups in total. The molecule has 8 heterocycles. The maximum atomic E-state index is 14.1. The van der Waals surface area contributed by atoms with Crippen molar-refractivity contribution in [3.63, 3.8) is 0 Å². The summed E-state index contributed by atoms with van der Waals surface area (Å²) in [7, 11) is 0. The lowest BCUT2D eigenvalue weighted by molar-refractivity contribution is -0.198. The van der Waals surface area contributed by atoms with Crippen molar-refractivity contribution in [2.24, 2.45) is 0 Å². The molecule has 4 aromatic heterocycles. The minimum Gasteiger partial charge on any atom is -0.386 e. The van der Waals surface area contributed by atoms with Crippen LogP contribution in [0.2, 0.25) is 0 Å². The molecule has 0 radical (unpaired) electrons. The van der Waals surface area contributed by atoms with Gasteiger partial charge in [-0.3, -0.25) is 61.2 Å². The van der Waals surface area contributed by atoms with Gasteiger partial charge in [-0.2, -0.15) is 9.97 Å². The zero-order chi connectivity index (χ0) is 53.4. The Morgan fingerprint density at radius 2 is 1.13 bits per heavy atom. The van der Waals surface area contributed by atoms with Crippen LogP contribution in [0.25, 0.3) is 22.3 Å². The Labute approximate surface area is 432 Å². The maximum Gasteiger partial charge on any atom is 0.386 e. The number of hydrogen-bond acceptors (Lipinski definition) is 27. The summed E-state index contributed by atoms with van der Waals surface area (Å²) in [6.07, 6.45) is -8.28. The van der Waals surface area contributed by atoms with E-state index in [1.54, 1.807) is 0 Å². The SMILES string of the molecule is Nc1nc2c(ncn2[C@@H]2O[C@@H]3COP(=O)(S)OC4[C@@H](COP(=O)(S)OC3[C@@H]2O)O[C@@H](n2cnc3c(=O)[nH]c(N)nc32)[C@H]4NC(=O)CCOCCOCCOCCOCCOCCC(=O)ON2C(=O)CCC2=O)c(=O)[nH]1. The van der Waals surface area contributed by atoms with E-state index in [1.165, 1.54) is 15.5 Å². The van der Waals surface area contributed by atoms with Gasteiger partial charge in [0, 0.05) is 19.3 Å². The number of aromatic amines is 2. The van der Waals surface area contributed by atoms with Crippen LogP contribution in [0.1, 0.15) is 38.1 Å². The lowest BCUT2D eigenvalue weighted by atomic mass is 10.1. The molecule has 10 atom stereocenters. The second kappa shape index (κ2) is 25.0. The van der Waals surface area contributed by atoms with Gasteiger partial charge in [-0.05, 0) is 0 Å². The number of aliphatic hydroxyl groups is 1. The maximum absolute atomic E-state index is 14.1. The summed E-state index contributed by atoms with van der Waals surface area (Å²) in [5, 5.41) is 14.8. The highest BCUT2D eigenvalue weighted by atomic mass is 32.7. The number of carbonyl (C=O) groups is 4. The van der Waals surface area contributed by atoms with E-state index in [-0.39, 0.29) is 126 Å². The fraction of sp³-hybridized carbons (Fsp3) is 0.632. The highest BCUT2D eigenvalue weighted by Gasteiger charge is 2.54. The van der Waals surface area contributed by atoms with E-state index in [0.29, 0.717) is 5.06 Å². The largest absolute Gasteiger partial charge is 0.386 e. The number of aliphatic hydroxyl groups excluding tert-OH is 1. The monoisotopic (exact) mass is 1140 g/mol. The molecule has 0 aliphatic carbocycles. The number of imidazole rings is 2. The number of amides is 3. The smallest absolute Gasteiger partial charge is 0.386 e. The van der Waals surface area contributed by atoms with E-state index in [2.05, 4.69) is 59.7 Å². The van der Waals surface area contributed by atoms with Crippen LogP contribution in [0, 0.1) is 0 Å². The first-order valence-electron chi connectivity index (χ1n) is 22.9. The van der Waals surface area contributed by atoms with E-state index in [1.807, 2.05) is 0 Å². The summed E-state index contributed by atoms with van der Waals surface area (Å²) in [6.45, 7) is -8.81. The van der Waals surface area contributed by atoms with Gasteiger partial charge in [-0.1, -0.05) is 24.5 Å². The van der Waals surface area contributed by atoms with Crippen LogP contribution in [-0.4, -0.2) is 189 Å². The third-order valence-electron chi connectivity index (χ3n) is 11.4. The molecule has 4 unspecified atom stereocenters. The second-order valence-electron chi connectivity index (χ2n) is 16.5. The first-order chi connectivity index (χ1) is 35.9. The van der Waals surface area contributed by atoms with Crippen LogP contribution in [0.4, 0.5) is 11.9 Å². The molecule has 4 fully saturated rings. The summed E-state index contributed by atoms with van der Waals surface area (Å²) in [6, 6.07) is -1.33. The van der Waals surface area contributed by atoms with Gasteiger partial charge in [0.05, 0.1) is 98.4 Å². The lowest BCUT2D eigenvalue weighted by Crippen LogP contribution is -2.48. The Morgan fingerprint density at radius 3 is 1.65 bits per heavy atom. The van der Waals surface area contributed by atoms with Crippen molar-refractivity contribution in [2.75, 3.05) is 90.7 Å². The van der Waals surface area contributed by atoms with Gasteiger partial charge in [-0.15, -0.1) is 5.06 Å². The molecule has 33 nitrogen and oxygen atoms in total. The topological polar surface area (TPSA) is 428 Å². The predicted molar refractivity (Wildman–Crippen MR) is 256 cm³/mol. The fourth-order valence-electron chi connectivity index (χ4n) is 7.94. The summed E-state index contributed by atoms with van der Waals surface area (Å²) >= 11 is 8.36. The molecule has 75 heavy (non-hydrogen) atoms. The average molecular weight is 1140 g/mol. The molecule has 3 amide bonds. The van der Waals surface area contributed by atoms with Crippen LogP contribution >= 0.6 is 38.1 Å². The molecular weight excluding hydrogens is 1090 g/mol. The van der Waals surface area contributed by atoms with Crippen LogP contribution in [0.15, 0.2) is 22.2 Å². The number of hydrogen-bond donors (Lipinski definition) is 8. The van der Waals surface area contributed by atoms with E-state index in [9.17, 15) is 43.0 Å². The Bertz CT molecular complexity index is 2910. The number of thiol groups is 2. The molecule has 4 aliphatic heterocycles. The predicted octanol–water partition coefficient (Wildman–Crippen LogP) is -1.58. The van der Waals surface area contributed by atoms with Crippen LogP contribution in [0.5, 0.6) is 0 Å². The van der Waals surface area contributed by atoms with Gasteiger partial charge >= 0.3 is 19.6 Å². The summed E-state index contributed by atoms with van der Waals surface area (Å²) in [5.41, 5.74) is 9.79. The summed E-state index contributed by atoms with van der Waals surface area (Å²) in [4.78, 5) is 99.5. The molecule has 0 spiro atoms. The third-order valence-corrected chi connectivity index (χ3v) is 14.6. The Morgan fingerprint density at radius 1 is 0.693 bits per heavy atom. The van der Waals surface area contributed by atoms with Crippen LogP contribution in [0.3, 0.4) is 0 Å². The number of nitrogens with one attached hydrogen (secondary N) is 3. The van der Waals surface area contributed by atoms with Crippen molar-refractivity contribution in [1.82, 2.24) is 49.4 Å². The normalized spacial score (nSPS) is 28.3. The number of anilines is 2. The Balaban J connectivity index is 0.812. The molecule has 4 aromatic rings. The first-order valence-corrected chi connectivity index (χ1v) is 28.3. The standard InChI is InChI=1S/C38H52N12O21P2S2/c39-37-44-31-26(33(56)46-37)41-17-48(31)35-25(43-21(51)3-5-60-7-9-62-11-13-64-14-12-63-10-8-61-6-4-24(54)69-50-22(52)1-2-23(50)53)29-19(67-35)15-65-73(59,75)71-30-20(16-66-72(58,74)70-29)68-36(28(30)55)49-18-42-27-32(49)45-38(40)47-34(27)57/h17-20,25,28-30,35-36,55H,1-16H2,(H,43,51)(H,58,74)(H,59,75)(H3,39,44,46,56)(H3,40,45,47,57)/t19-,20-,25+,28+,29?,30?,35-,36-,72?,73?/m1/s1. The van der Waals surface area contributed by atoms with Crippen molar-refractivity contribution < 1.29 is 89.5 Å². The van der Waals surface area contributed by atoms with Crippen LogP contribution < -0.4 is 27.9 Å². The van der Waals surface area contributed by atoms with E-state index < -0.39 is 111 Å². The molecule has 4 saturated heterocycles. The highest BCUT2D eigenvalue weighted by molar-refractivity contribution is 8.44. The minimum atomic E-state index is -4.54. The zero-order valence-electron chi connectivity index (χ0n) is 39.3. The summed E-state index contributed by atoms with van der Waals surface area (Å²) < 4.78 is 93.3. The molecule has 412 valence electrons. The van der Waals surface area contributed by atoms with Gasteiger partial charge in [0.1, 0.15) is 36.6 Å². The lowest BCUT2D eigenvalue weighted by Gasteiger charge is -2.30. The molecule has 0 bridgehead atoms. The number of hydroxylamine groups is 2. The Kier molecular flexibility index (Phi) is 18.8. The third kappa shape index (κ3) is 14.2. The van der Waals surface area contributed by atoms with E-state index in [4.69, 9.17) is 67.6 Å². The number of nitrogens with two attached hydrogens (primary N) is 2. The number of fused-ring (bicyclic) bond motifs is 4. The molecule has 37 heteroatoms. The number of nitrogen functional groups attached to an aromatic ring is 2. The average Bonchev–Trinajstić information content (AvgIpc) is 4.19. The van der Waals surface area contributed by atoms with Crippen molar-refractivity contribution in [3.8, 4) is 0 Å². The number of ether oxygens (including phenoxy) is 7. The molecular formula is C38H52N12O21P2S2. The van der Waals surface area contributed by atoms with Crippen molar-refractivity contribution in [1.29, 1.82) is 0 Å². The number of carbonyl (C=O) groups excluding carboxylic acids is 4. The first kappa shape index (κ1) is 56.3. The number of H-pyrrole nitrogens is 2. The van der Waals surface area contributed by atoms with Gasteiger partial charge in [0.2, 0.25) is 17.8 Å². The Hall–Kier alpha value is -4.94. The van der Waals surface area contributed by atoms with Gasteiger partial charge in [-0.25, -0.2) is 23.9 Å². The van der Waals surface area contributed by atoms with Gasteiger partial charge in [0.15, 0.2) is 34.8 Å². The number of aromatic nitrogens is 8. The minimum absolute atomic E-state index is 0.00753. The molecule has 4 aliphatic rings. The van der Waals surface area contributed by atoms with Gasteiger partial charge < -0.3 is 59.9 Å². The summed E-state index contributed by atoms with van der Waals surface area (Å²) in [5.74, 6) is -3.04. The molecule has 8 rings (SSSR count). The molecule has 0 aromatic carbocycles. The fourth-order valence-corrected chi connectivity index (χ4v) is 10.9. The second-order valence-corrected chi connectivity index (χ2v) is 22.3. The number of imide groups is 1. The quantitative estimate of drug-likeness (QED) is 0.0191. The van der Waals surface area contributed by atoms with Gasteiger partial charge in [0.25, 0.3) is 22.9 Å². The van der Waals surface area contributed by atoms with E-state index in [0.717, 1.165) is 6.33 Å². The zero-order valence-corrected chi connectivity index (χ0v) is 42.9. The number of rotatable bonds is 22. The van der Waals surface area contributed by atoms with E-state index >= 15 is 0 Å². The van der Waals surface area contributed by atoms with Crippen molar-refractivity contribution in [3.05, 3.63) is 33.4 Å². The van der Waals surface area contributed by atoms with Crippen molar-refractivity contribution >= 4 is 96.0 Å². The highest BCUT2D eigenvalue weighted by Crippen LogP contribution is 2.60. The van der Waals surface area contributed by atoms with Crippen molar-refractivity contribution in [2.45, 2.75) is 74.7 Å². The van der Waals surface area contributed by atoms with Crippen LogP contribution in [-0.2, 0) is 84.4 Å². The number of nitrogens with zero attached hydrogens (tertiary/aromatic N) is 7. The molecule has 0 saturated carbocycles.